The maximum atomic E-state index is 11.7. The van der Waals surface area contributed by atoms with Gasteiger partial charge in [-0.1, -0.05) is 18.2 Å². The molecule has 0 aliphatic rings. The Hall–Kier alpha value is -1.68. The standard InChI is InChI=1S/C11H10N2OS/c1-8-7-10(13-15-8)12-11(14)9-5-3-2-4-6-9/h2-7H,1H3,(H,12,13,14). The van der Waals surface area contributed by atoms with Gasteiger partial charge in [-0.25, -0.2) is 0 Å². The zero-order valence-corrected chi connectivity index (χ0v) is 9.04. The number of amides is 1. The zero-order chi connectivity index (χ0) is 10.7. The van der Waals surface area contributed by atoms with E-state index in [0.29, 0.717) is 11.4 Å². The summed E-state index contributed by atoms with van der Waals surface area (Å²) in [7, 11) is 0. The first-order valence-electron chi connectivity index (χ1n) is 4.55. The average Bonchev–Trinajstić information content (AvgIpc) is 2.65. The first-order valence-corrected chi connectivity index (χ1v) is 5.33. The minimum absolute atomic E-state index is 0.124. The fourth-order valence-electron chi connectivity index (χ4n) is 1.20. The third kappa shape index (κ3) is 2.41. The Kier molecular flexibility index (Phi) is 2.78. The summed E-state index contributed by atoms with van der Waals surface area (Å²) in [6.07, 6.45) is 0. The fraction of sp³-hybridized carbons (Fsp3) is 0.0909. The number of aromatic nitrogens is 1. The van der Waals surface area contributed by atoms with Gasteiger partial charge in [-0.3, -0.25) is 4.79 Å². The molecule has 0 spiro atoms. The molecule has 1 aromatic carbocycles. The molecular weight excluding hydrogens is 208 g/mol. The molecule has 1 heterocycles. The Morgan fingerprint density at radius 2 is 2.07 bits per heavy atom. The van der Waals surface area contributed by atoms with Gasteiger partial charge in [-0.05, 0) is 36.7 Å². The first kappa shape index (κ1) is 9.86. The lowest BCUT2D eigenvalue weighted by Crippen LogP contribution is -2.11. The van der Waals surface area contributed by atoms with Gasteiger partial charge in [0, 0.05) is 10.4 Å². The third-order valence-electron chi connectivity index (χ3n) is 1.91. The number of aryl methyl sites for hydroxylation is 1. The number of hydrogen-bond donors (Lipinski definition) is 1. The minimum Gasteiger partial charge on any atom is -0.306 e. The van der Waals surface area contributed by atoms with Crippen LogP contribution in [0.15, 0.2) is 36.4 Å². The lowest BCUT2D eigenvalue weighted by molar-refractivity contribution is 0.102. The maximum Gasteiger partial charge on any atom is 0.256 e. The van der Waals surface area contributed by atoms with Crippen molar-refractivity contribution < 1.29 is 4.79 Å². The minimum atomic E-state index is -0.124. The number of hydrogen-bond acceptors (Lipinski definition) is 3. The number of benzene rings is 1. The molecule has 1 N–H and O–H groups in total. The van der Waals surface area contributed by atoms with Crippen LogP contribution in [0.1, 0.15) is 15.2 Å². The van der Waals surface area contributed by atoms with Crippen molar-refractivity contribution >= 4 is 23.3 Å². The van der Waals surface area contributed by atoms with E-state index in [4.69, 9.17) is 0 Å². The number of carbonyl (C=O) groups is 1. The third-order valence-corrected chi connectivity index (χ3v) is 2.60. The van der Waals surface area contributed by atoms with Crippen molar-refractivity contribution in [1.82, 2.24) is 4.37 Å². The largest absolute Gasteiger partial charge is 0.306 e. The summed E-state index contributed by atoms with van der Waals surface area (Å²) in [5.41, 5.74) is 0.642. The van der Waals surface area contributed by atoms with Crippen LogP contribution in [-0.2, 0) is 0 Å². The molecule has 0 radical (unpaired) electrons. The maximum absolute atomic E-state index is 11.7. The molecule has 1 amide bonds. The van der Waals surface area contributed by atoms with E-state index >= 15 is 0 Å². The molecule has 0 saturated carbocycles. The normalized spacial score (nSPS) is 9.93. The number of nitrogens with zero attached hydrogens (tertiary/aromatic N) is 1. The van der Waals surface area contributed by atoms with E-state index in [-0.39, 0.29) is 5.91 Å². The Morgan fingerprint density at radius 3 is 2.67 bits per heavy atom. The summed E-state index contributed by atoms with van der Waals surface area (Å²) in [6.45, 7) is 1.95. The number of nitrogens with one attached hydrogen (secondary N) is 1. The van der Waals surface area contributed by atoms with E-state index < -0.39 is 0 Å². The molecule has 76 valence electrons. The molecule has 0 unspecified atom stereocenters. The Bertz CT molecular complexity index is 464. The topological polar surface area (TPSA) is 42.0 Å². The molecule has 0 bridgehead atoms. The van der Waals surface area contributed by atoms with Crippen molar-refractivity contribution in [3.05, 3.63) is 46.8 Å². The second kappa shape index (κ2) is 4.23. The van der Waals surface area contributed by atoms with Crippen LogP contribution >= 0.6 is 11.5 Å². The highest BCUT2D eigenvalue weighted by Crippen LogP contribution is 2.13. The van der Waals surface area contributed by atoms with Crippen LogP contribution in [0.4, 0.5) is 5.82 Å². The molecular formula is C11H10N2OS. The Balaban J connectivity index is 2.11. The van der Waals surface area contributed by atoms with Crippen LogP contribution in [0.25, 0.3) is 0 Å². The SMILES string of the molecule is Cc1cc(NC(=O)c2ccccc2)ns1. The van der Waals surface area contributed by atoms with Crippen molar-refractivity contribution in [3.63, 3.8) is 0 Å². The smallest absolute Gasteiger partial charge is 0.256 e. The highest BCUT2D eigenvalue weighted by Gasteiger charge is 2.06. The zero-order valence-electron chi connectivity index (χ0n) is 8.23. The van der Waals surface area contributed by atoms with Gasteiger partial charge in [0.2, 0.25) is 0 Å². The van der Waals surface area contributed by atoms with Gasteiger partial charge in [0.15, 0.2) is 0 Å². The molecule has 0 saturated heterocycles. The van der Waals surface area contributed by atoms with E-state index in [9.17, 15) is 4.79 Å². The summed E-state index contributed by atoms with van der Waals surface area (Å²) < 4.78 is 4.09. The predicted molar refractivity (Wildman–Crippen MR) is 61.2 cm³/mol. The summed E-state index contributed by atoms with van der Waals surface area (Å²) in [5.74, 6) is 0.493. The first-order chi connectivity index (χ1) is 7.25. The van der Waals surface area contributed by atoms with Crippen LogP contribution in [0.2, 0.25) is 0 Å². The van der Waals surface area contributed by atoms with Gasteiger partial charge >= 0.3 is 0 Å². The van der Waals surface area contributed by atoms with Crippen LogP contribution in [0, 0.1) is 6.92 Å². The molecule has 0 atom stereocenters. The summed E-state index contributed by atoms with van der Waals surface area (Å²) in [5, 5.41) is 2.74. The Morgan fingerprint density at radius 1 is 1.33 bits per heavy atom. The summed E-state index contributed by atoms with van der Waals surface area (Å²) in [6, 6.07) is 10.9. The van der Waals surface area contributed by atoms with E-state index in [1.165, 1.54) is 11.5 Å². The molecule has 0 aliphatic carbocycles. The van der Waals surface area contributed by atoms with Gasteiger partial charge < -0.3 is 5.32 Å². The fourth-order valence-corrected chi connectivity index (χ4v) is 1.71. The number of carbonyl (C=O) groups excluding carboxylic acids is 1. The second-order valence-electron chi connectivity index (χ2n) is 3.14. The Labute approximate surface area is 91.9 Å². The van der Waals surface area contributed by atoms with E-state index in [2.05, 4.69) is 9.69 Å². The van der Waals surface area contributed by atoms with Crippen molar-refractivity contribution in [2.24, 2.45) is 0 Å². The predicted octanol–water partition coefficient (Wildman–Crippen LogP) is 2.70. The molecule has 4 heteroatoms. The van der Waals surface area contributed by atoms with Crippen LogP contribution < -0.4 is 5.32 Å². The molecule has 1 aromatic heterocycles. The second-order valence-corrected chi connectivity index (χ2v) is 4.15. The van der Waals surface area contributed by atoms with E-state index in [1.54, 1.807) is 12.1 Å². The monoisotopic (exact) mass is 218 g/mol. The van der Waals surface area contributed by atoms with Gasteiger partial charge in [0.05, 0.1) is 0 Å². The number of anilines is 1. The molecule has 0 aliphatic heterocycles. The van der Waals surface area contributed by atoms with Crippen molar-refractivity contribution in [2.45, 2.75) is 6.92 Å². The van der Waals surface area contributed by atoms with E-state index in [1.807, 2.05) is 31.2 Å². The lowest BCUT2D eigenvalue weighted by Gasteiger charge is -2.00. The summed E-state index contributed by atoms with van der Waals surface area (Å²) >= 11 is 1.38. The van der Waals surface area contributed by atoms with Crippen molar-refractivity contribution in [3.8, 4) is 0 Å². The van der Waals surface area contributed by atoms with Gasteiger partial charge in [0.1, 0.15) is 5.82 Å². The lowest BCUT2D eigenvalue weighted by atomic mass is 10.2. The van der Waals surface area contributed by atoms with Crippen LogP contribution in [-0.4, -0.2) is 10.3 Å². The van der Waals surface area contributed by atoms with Crippen molar-refractivity contribution in [2.75, 3.05) is 5.32 Å². The van der Waals surface area contributed by atoms with Crippen LogP contribution in [0.5, 0.6) is 0 Å². The molecule has 0 fully saturated rings. The quantitative estimate of drug-likeness (QED) is 0.842. The highest BCUT2D eigenvalue weighted by atomic mass is 32.1. The number of rotatable bonds is 2. The van der Waals surface area contributed by atoms with E-state index in [0.717, 1.165) is 4.88 Å². The van der Waals surface area contributed by atoms with Crippen molar-refractivity contribution in [1.29, 1.82) is 0 Å². The van der Waals surface area contributed by atoms with Gasteiger partial charge in [-0.2, -0.15) is 4.37 Å². The summed E-state index contributed by atoms with van der Waals surface area (Å²) in [4.78, 5) is 12.8. The molecule has 2 rings (SSSR count). The van der Waals surface area contributed by atoms with Gasteiger partial charge in [0.25, 0.3) is 5.91 Å². The van der Waals surface area contributed by atoms with Crippen LogP contribution in [0.3, 0.4) is 0 Å². The molecule has 2 aromatic rings. The van der Waals surface area contributed by atoms with Gasteiger partial charge in [-0.15, -0.1) is 0 Å². The highest BCUT2D eigenvalue weighted by molar-refractivity contribution is 7.06. The molecule has 15 heavy (non-hydrogen) atoms. The molecule has 3 nitrogen and oxygen atoms in total. The average molecular weight is 218 g/mol.